The standard InChI is InChI=1S/C21H42O3Si/c1-15(2)11-16(3)12-17(4)13-18(5)19(14-20(22)23)24-25(9,10)21(6,7)8/h16-19H,1,11-14H2,2-10H3,(H,22,23)/t16-,17-,18+,19?/m0/s1. The zero-order valence-corrected chi connectivity index (χ0v) is 19.1. The molecule has 0 rings (SSSR count). The van der Waals surface area contributed by atoms with E-state index in [0.717, 1.165) is 19.3 Å². The van der Waals surface area contributed by atoms with Crippen molar-refractivity contribution in [3.05, 3.63) is 12.2 Å². The van der Waals surface area contributed by atoms with E-state index in [-0.39, 0.29) is 23.5 Å². The lowest BCUT2D eigenvalue weighted by Crippen LogP contribution is -2.46. The highest BCUT2D eigenvalue weighted by atomic mass is 28.4. The number of rotatable bonds is 11. The fourth-order valence-corrected chi connectivity index (χ4v) is 4.76. The minimum absolute atomic E-state index is 0.0884. The maximum Gasteiger partial charge on any atom is 0.305 e. The lowest BCUT2D eigenvalue weighted by molar-refractivity contribution is -0.139. The van der Waals surface area contributed by atoms with Crippen molar-refractivity contribution in [1.29, 1.82) is 0 Å². The summed E-state index contributed by atoms with van der Waals surface area (Å²) in [5.74, 6) is 0.665. The SMILES string of the molecule is C=C(C)C[C@H](C)C[C@H](C)C[C@@H](C)C(CC(=O)O)O[Si](C)(C)C(C)(C)C. The van der Waals surface area contributed by atoms with Crippen molar-refractivity contribution in [1.82, 2.24) is 0 Å². The number of hydrogen-bond donors (Lipinski definition) is 1. The van der Waals surface area contributed by atoms with E-state index in [4.69, 9.17) is 4.43 Å². The van der Waals surface area contributed by atoms with Crippen molar-refractivity contribution in [2.45, 2.75) is 98.4 Å². The lowest BCUT2D eigenvalue weighted by Gasteiger charge is -2.41. The van der Waals surface area contributed by atoms with E-state index in [9.17, 15) is 9.90 Å². The molecule has 0 bridgehead atoms. The van der Waals surface area contributed by atoms with E-state index in [2.05, 4.69) is 68.1 Å². The van der Waals surface area contributed by atoms with Gasteiger partial charge in [0.15, 0.2) is 8.32 Å². The average Bonchev–Trinajstić information content (AvgIpc) is 2.33. The second-order valence-electron chi connectivity index (χ2n) is 9.83. The predicted octanol–water partition coefficient (Wildman–Crippen LogP) is 6.51. The molecule has 0 aliphatic heterocycles. The largest absolute Gasteiger partial charge is 0.481 e. The van der Waals surface area contributed by atoms with Crippen molar-refractivity contribution < 1.29 is 14.3 Å². The molecule has 148 valence electrons. The first-order valence-corrected chi connectivity index (χ1v) is 12.6. The van der Waals surface area contributed by atoms with Crippen molar-refractivity contribution in [3.8, 4) is 0 Å². The molecule has 0 aromatic heterocycles. The van der Waals surface area contributed by atoms with Gasteiger partial charge in [0.2, 0.25) is 0 Å². The Kier molecular flexibility index (Phi) is 9.67. The van der Waals surface area contributed by atoms with E-state index in [1.807, 2.05) is 0 Å². The Morgan fingerprint density at radius 3 is 2.00 bits per heavy atom. The minimum Gasteiger partial charge on any atom is -0.481 e. The number of hydrogen-bond acceptors (Lipinski definition) is 2. The van der Waals surface area contributed by atoms with Gasteiger partial charge in [-0.3, -0.25) is 4.79 Å². The van der Waals surface area contributed by atoms with Crippen molar-refractivity contribution in [2.24, 2.45) is 17.8 Å². The summed E-state index contributed by atoms with van der Waals surface area (Å²) in [5, 5.41) is 9.43. The van der Waals surface area contributed by atoms with E-state index < -0.39 is 14.3 Å². The summed E-state index contributed by atoms with van der Waals surface area (Å²) in [6, 6.07) is 0. The van der Waals surface area contributed by atoms with Crippen LogP contribution < -0.4 is 0 Å². The predicted molar refractivity (Wildman–Crippen MR) is 110 cm³/mol. The van der Waals surface area contributed by atoms with Gasteiger partial charge in [0.25, 0.3) is 0 Å². The van der Waals surface area contributed by atoms with Crippen molar-refractivity contribution >= 4 is 14.3 Å². The minimum atomic E-state index is -1.98. The molecule has 0 radical (unpaired) electrons. The van der Waals surface area contributed by atoms with Gasteiger partial charge in [0.05, 0.1) is 12.5 Å². The van der Waals surface area contributed by atoms with Crippen LogP contribution in [0.1, 0.15) is 74.1 Å². The molecule has 0 aliphatic rings. The average molecular weight is 371 g/mol. The van der Waals surface area contributed by atoms with E-state index in [1.54, 1.807) is 0 Å². The summed E-state index contributed by atoms with van der Waals surface area (Å²) in [6.07, 6.45) is 3.13. The first kappa shape index (κ1) is 24.4. The molecule has 0 saturated heterocycles. The van der Waals surface area contributed by atoms with E-state index in [1.165, 1.54) is 5.57 Å². The smallest absolute Gasteiger partial charge is 0.305 e. The van der Waals surface area contributed by atoms with Crippen LogP contribution in [0.15, 0.2) is 12.2 Å². The van der Waals surface area contributed by atoms with Crippen LogP contribution in [-0.2, 0) is 9.22 Å². The number of carboxylic acids is 1. The summed E-state index contributed by atoms with van der Waals surface area (Å²) in [7, 11) is -1.98. The summed E-state index contributed by atoms with van der Waals surface area (Å²) < 4.78 is 6.49. The van der Waals surface area contributed by atoms with Gasteiger partial charge in [-0.15, -0.1) is 6.58 Å². The summed E-state index contributed by atoms with van der Waals surface area (Å²) in [5.41, 5.74) is 1.23. The fourth-order valence-electron chi connectivity index (χ4n) is 3.33. The maximum absolute atomic E-state index is 11.4. The number of carboxylic acid groups (broad SMARTS) is 1. The van der Waals surface area contributed by atoms with Gasteiger partial charge in [-0.2, -0.15) is 0 Å². The summed E-state index contributed by atoms with van der Waals surface area (Å²) >= 11 is 0. The van der Waals surface area contributed by atoms with Crippen molar-refractivity contribution in [3.63, 3.8) is 0 Å². The molecular formula is C21H42O3Si. The third kappa shape index (κ3) is 9.60. The van der Waals surface area contributed by atoms with Gasteiger partial charge in [-0.25, -0.2) is 0 Å². The molecular weight excluding hydrogens is 328 g/mol. The highest BCUT2D eigenvalue weighted by Gasteiger charge is 2.40. The molecule has 3 nitrogen and oxygen atoms in total. The Morgan fingerprint density at radius 2 is 1.60 bits per heavy atom. The highest BCUT2D eigenvalue weighted by Crippen LogP contribution is 2.39. The Hall–Kier alpha value is -0.613. The second-order valence-corrected chi connectivity index (χ2v) is 14.6. The molecule has 0 aromatic carbocycles. The van der Waals surface area contributed by atoms with Crippen LogP contribution in [0.3, 0.4) is 0 Å². The molecule has 0 saturated carbocycles. The first-order chi connectivity index (χ1) is 11.2. The molecule has 0 fully saturated rings. The van der Waals surface area contributed by atoms with Gasteiger partial charge < -0.3 is 9.53 Å². The van der Waals surface area contributed by atoms with E-state index in [0.29, 0.717) is 11.8 Å². The first-order valence-electron chi connectivity index (χ1n) is 9.69. The normalized spacial score (nSPS) is 17.6. The molecule has 1 unspecified atom stereocenters. The van der Waals surface area contributed by atoms with Crippen LogP contribution in [0.2, 0.25) is 18.1 Å². The van der Waals surface area contributed by atoms with Gasteiger partial charge in [-0.1, -0.05) is 47.1 Å². The van der Waals surface area contributed by atoms with Crippen LogP contribution >= 0.6 is 0 Å². The quantitative estimate of drug-likeness (QED) is 0.333. The summed E-state index contributed by atoms with van der Waals surface area (Å²) in [6.45, 7) is 23.8. The maximum atomic E-state index is 11.4. The number of aliphatic carboxylic acids is 1. The van der Waals surface area contributed by atoms with Crippen LogP contribution in [0.5, 0.6) is 0 Å². The molecule has 0 aromatic rings. The third-order valence-electron chi connectivity index (χ3n) is 5.54. The third-order valence-corrected chi connectivity index (χ3v) is 10.0. The second kappa shape index (κ2) is 9.91. The zero-order valence-electron chi connectivity index (χ0n) is 18.1. The fraction of sp³-hybridized carbons (Fsp3) is 0.857. The van der Waals surface area contributed by atoms with E-state index >= 15 is 0 Å². The molecule has 25 heavy (non-hydrogen) atoms. The molecule has 0 spiro atoms. The Bertz CT molecular complexity index is 437. The Morgan fingerprint density at radius 1 is 1.08 bits per heavy atom. The topological polar surface area (TPSA) is 46.5 Å². The Balaban J connectivity index is 4.92. The molecule has 0 heterocycles. The van der Waals surface area contributed by atoms with Gasteiger partial charge in [0.1, 0.15) is 0 Å². The van der Waals surface area contributed by atoms with Gasteiger partial charge in [-0.05, 0) is 62.1 Å². The van der Waals surface area contributed by atoms with Crippen LogP contribution in [0, 0.1) is 17.8 Å². The zero-order chi connectivity index (χ0) is 20.0. The van der Waals surface area contributed by atoms with Gasteiger partial charge in [0, 0.05) is 0 Å². The molecule has 4 atom stereocenters. The Labute approximate surface area is 157 Å². The van der Waals surface area contributed by atoms with Gasteiger partial charge >= 0.3 is 5.97 Å². The lowest BCUT2D eigenvalue weighted by atomic mass is 9.85. The van der Waals surface area contributed by atoms with Crippen molar-refractivity contribution in [2.75, 3.05) is 0 Å². The highest BCUT2D eigenvalue weighted by molar-refractivity contribution is 6.74. The monoisotopic (exact) mass is 370 g/mol. The number of carbonyl (C=O) groups is 1. The molecule has 0 amide bonds. The molecule has 0 aliphatic carbocycles. The van der Waals surface area contributed by atoms with Crippen LogP contribution in [-0.4, -0.2) is 25.5 Å². The number of allylic oxidation sites excluding steroid dienone is 1. The summed E-state index contributed by atoms with van der Waals surface area (Å²) in [4.78, 5) is 11.4. The molecule has 1 N–H and O–H groups in total. The van der Waals surface area contributed by atoms with Crippen LogP contribution in [0.25, 0.3) is 0 Å². The molecule has 4 heteroatoms. The van der Waals surface area contributed by atoms with Crippen LogP contribution in [0.4, 0.5) is 0 Å².